The molecule has 0 radical (unpaired) electrons. The fourth-order valence-corrected chi connectivity index (χ4v) is 1.70. The van der Waals surface area contributed by atoms with Gasteiger partial charge >= 0.3 is 39.3 Å². The molecule has 2 aromatic heterocycles. The fraction of sp³-hybridized carbons (Fsp3) is 0.444. The third-order valence-electron chi connectivity index (χ3n) is 3.09. The predicted octanol–water partition coefficient (Wildman–Crippen LogP) is 6.45. The third kappa shape index (κ3) is 11.0. The molecule has 0 amide bonds. The molecular formula is C18H26Br2N2Ni. The normalized spacial score (nSPS) is 11.0. The zero-order valence-corrected chi connectivity index (χ0v) is 18.7. The monoisotopic (exact) mass is 486 g/mol. The van der Waals surface area contributed by atoms with E-state index in [0.717, 1.165) is 0 Å². The third-order valence-corrected chi connectivity index (χ3v) is 3.09. The predicted molar refractivity (Wildman–Crippen MR) is 104 cm³/mol. The second-order valence-electron chi connectivity index (χ2n) is 7.02. The van der Waals surface area contributed by atoms with Gasteiger partial charge in [0.15, 0.2) is 0 Å². The van der Waals surface area contributed by atoms with Gasteiger partial charge in [0, 0.05) is 24.8 Å². The molecule has 5 heteroatoms. The van der Waals surface area contributed by atoms with Crippen LogP contribution in [0.4, 0.5) is 0 Å². The van der Waals surface area contributed by atoms with Crippen molar-refractivity contribution >= 4 is 28.5 Å². The van der Waals surface area contributed by atoms with Crippen molar-refractivity contribution in [3.05, 3.63) is 60.2 Å². The van der Waals surface area contributed by atoms with Gasteiger partial charge in [0.2, 0.25) is 0 Å². The number of nitrogens with zero attached hydrogens (tertiary/aromatic N) is 2. The molecule has 2 rings (SSSR count). The van der Waals surface area contributed by atoms with Gasteiger partial charge in [-0.25, -0.2) is 0 Å². The summed E-state index contributed by atoms with van der Waals surface area (Å²) in [6, 6.07) is 8.22. The van der Waals surface area contributed by atoms with Crippen LogP contribution in [-0.2, 0) is 21.7 Å². The van der Waals surface area contributed by atoms with Crippen molar-refractivity contribution < 1.29 is 10.9 Å². The average Bonchev–Trinajstić information content (AvgIpc) is 2.49. The Bertz CT molecular complexity index is 471. The van der Waals surface area contributed by atoms with Crippen LogP contribution in [0.1, 0.15) is 52.7 Å². The first-order valence-electron chi connectivity index (χ1n) is 7.26. The Kier molecular flexibility index (Phi) is 11.2. The van der Waals surface area contributed by atoms with Gasteiger partial charge in [-0.1, -0.05) is 41.5 Å². The molecule has 0 spiro atoms. The topological polar surface area (TPSA) is 25.8 Å². The van der Waals surface area contributed by atoms with Crippen molar-refractivity contribution in [2.75, 3.05) is 0 Å². The first-order chi connectivity index (χ1) is 10.6. The summed E-state index contributed by atoms with van der Waals surface area (Å²) in [7, 11) is 1.25. The van der Waals surface area contributed by atoms with Gasteiger partial charge in [-0.15, -0.1) is 0 Å². The van der Waals surface area contributed by atoms with Crippen LogP contribution in [0.2, 0.25) is 0 Å². The van der Waals surface area contributed by atoms with Gasteiger partial charge in [-0.05, 0) is 46.2 Å². The fourth-order valence-electron chi connectivity index (χ4n) is 1.70. The summed E-state index contributed by atoms with van der Waals surface area (Å²) in [5.74, 6) is 0. The van der Waals surface area contributed by atoms with Crippen molar-refractivity contribution in [2.24, 2.45) is 0 Å². The molecule has 0 unspecified atom stereocenters. The Balaban J connectivity index is 0.000000360. The minimum absolute atomic E-state index is 0.253. The molecule has 23 heavy (non-hydrogen) atoms. The van der Waals surface area contributed by atoms with E-state index in [1.54, 1.807) is 0 Å². The quantitative estimate of drug-likeness (QED) is 0.398. The van der Waals surface area contributed by atoms with E-state index in [-0.39, 0.29) is 10.8 Å². The molecule has 0 fully saturated rings. The van der Waals surface area contributed by atoms with E-state index in [4.69, 9.17) is 0 Å². The van der Waals surface area contributed by atoms with E-state index in [1.807, 2.05) is 24.8 Å². The van der Waals surface area contributed by atoms with Crippen LogP contribution in [0.3, 0.4) is 0 Å². The Labute approximate surface area is 161 Å². The molecule has 0 saturated heterocycles. The number of hydrogen-bond donors (Lipinski definition) is 0. The molecule has 0 aliphatic rings. The maximum absolute atomic E-state index is 3.96. The molecule has 2 heterocycles. The van der Waals surface area contributed by atoms with Crippen molar-refractivity contribution in [1.29, 1.82) is 0 Å². The molecule has 0 N–H and O–H groups in total. The number of pyridine rings is 2. The molecule has 0 saturated carbocycles. The summed E-state index contributed by atoms with van der Waals surface area (Å²) in [5.41, 5.74) is 3.18. The molecule has 2 aromatic rings. The molecule has 0 aliphatic heterocycles. The number of aromatic nitrogens is 2. The Morgan fingerprint density at radius 1 is 0.652 bits per heavy atom. The van der Waals surface area contributed by atoms with E-state index in [2.05, 4.69) is 104 Å². The van der Waals surface area contributed by atoms with Crippen LogP contribution < -0.4 is 0 Å². The summed E-state index contributed by atoms with van der Waals surface area (Å²) in [5, 5.41) is 0. The van der Waals surface area contributed by atoms with Crippen LogP contribution in [-0.4, -0.2) is 9.97 Å². The van der Waals surface area contributed by atoms with Crippen molar-refractivity contribution in [2.45, 2.75) is 52.4 Å². The molecule has 0 bridgehead atoms. The van der Waals surface area contributed by atoms with Crippen LogP contribution >= 0.6 is 28.5 Å². The SMILES string of the molecule is CC(C)(C)c1ccncc1.CC(C)(C)c1ccncc1.[Br][Ni][Br]. The minimum atomic E-state index is 0.253. The number of hydrogen-bond acceptors (Lipinski definition) is 2. The molecule has 0 atom stereocenters. The number of halogens is 2. The van der Waals surface area contributed by atoms with Gasteiger partial charge in [-0.2, -0.15) is 0 Å². The van der Waals surface area contributed by atoms with Crippen molar-refractivity contribution in [3.63, 3.8) is 0 Å². The standard InChI is InChI=1S/2C9H13N.2BrH.Ni/c2*1-9(2,3)8-4-6-10-7-5-8;;;/h2*4-7H,1-3H3;2*1H;/q;;;;+2/p-2. The van der Waals surface area contributed by atoms with Gasteiger partial charge < -0.3 is 0 Å². The van der Waals surface area contributed by atoms with Gasteiger partial charge in [-0.3, -0.25) is 9.97 Å². The maximum atomic E-state index is 3.96. The van der Waals surface area contributed by atoms with E-state index in [9.17, 15) is 0 Å². The van der Waals surface area contributed by atoms with Crippen molar-refractivity contribution in [1.82, 2.24) is 9.97 Å². The van der Waals surface area contributed by atoms with Gasteiger partial charge in [0.05, 0.1) is 0 Å². The Morgan fingerprint density at radius 2 is 0.870 bits per heavy atom. The first kappa shape index (κ1) is 22.8. The summed E-state index contributed by atoms with van der Waals surface area (Å²) >= 11 is 6.00. The van der Waals surface area contributed by atoms with Crippen LogP contribution in [0.25, 0.3) is 0 Å². The van der Waals surface area contributed by atoms with Crippen LogP contribution in [0.15, 0.2) is 49.1 Å². The molecule has 2 nitrogen and oxygen atoms in total. The first-order valence-corrected chi connectivity index (χ1v) is 12.1. The van der Waals surface area contributed by atoms with E-state index in [1.165, 1.54) is 22.0 Å². The van der Waals surface area contributed by atoms with Gasteiger partial charge in [0.1, 0.15) is 0 Å². The van der Waals surface area contributed by atoms with Crippen LogP contribution in [0.5, 0.6) is 0 Å². The zero-order valence-electron chi connectivity index (χ0n) is 14.6. The molecular weight excluding hydrogens is 463 g/mol. The Hall–Kier alpha value is -0.246. The zero-order chi connectivity index (χ0) is 17.9. The second-order valence-corrected chi connectivity index (χ2v) is 12.0. The summed E-state index contributed by atoms with van der Waals surface area (Å²) in [6.45, 7) is 13.2. The van der Waals surface area contributed by atoms with E-state index in [0.29, 0.717) is 0 Å². The van der Waals surface area contributed by atoms with Crippen LogP contribution in [0, 0.1) is 0 Å². The van der Waals surface area contributed by atoms with Crippen molar-refractivity contribution in [3.8, 4) is 0 Å². The van der Waals surface area contributed by atoms with E-state index < -0.39 is 0 Å². The van der Waals surface area contributed by atoms with E-state index >= 15 is 0 Å². The Morgan fingerprint density at radius 3 is 1.00 bits per heavy atom. The second kappa shape index (κ2) is 11.3. The van der Waals surface area contributed by atoms with Gasteiger partial charge in [0.25, 0.3) is 0 Å². The number of rotatable bonds is 0. The molecule has 0 aromatic carbocycles. The molecule has 0 aliphatic carbocycles. The summed E-state index contributed by atoms with van der Waals surface area (Å²) in [4.78, 5) is 7.92. The average molecular weight is 489 g/mol. The summed E-state index contributed by atoms with van der Waals surface area (Å²) < 4.78 is 0. The molecule has 132 valence electrons. The summed E-state index contributed by atoms with van der Waals surface area (Å²) in [6.07, 6.45) is 7.34.